The van der Waals surface area contributed by atoms with E-state index in [1.54, 1.807) is 18.4 Å². The quantitative estimate of drug-likeness (QED) is 0.339. The molecule has 1 aromatic rings. The number of guanidine groups is 1. The molecule has 0 spiro atoms. The Kier molecular flexibility index (Phi) is 9.30. The molecule has 1 fully saturated rings. The van der Waals surface area contributed by atoms with Crippen molar-refractivity contribution in [1.29, 1.82) is 0 Å². The summed E-state index contributed by atoms with van der Waals surface area (Å²) in [6.45, 7) is 7.12. The SMILES string of the molecule is CN=C(NCCc1nc(C(C)(C)C)cs1)NC1CCC(C(F)(F)F)CC1.I. The maximum absolute atomic E-state index is 12.7. The minimum absolute atomic E-state index is 0. The maximum Gasteiger partial charge on any atom is 0.391 e. The molecule has 0 bridgehead atoms. The number of alkyl halides is 3. The Bertz CT molecular complexity index is 602. The largest absolute Gasteiger partial charge is 0.391 e. The van der Waals surface area contributed by atoms with Gasteiger partial charge in [0.15, 0.2) is 5.96 Å². The second-order valence-electron chi connectivity index (χ2n) is 7.86. The average molecular weight is 518 g/mol. The summed E-state index contributed by atoms with van der Waals surface area (Å²) in [5, 5.41) is 9.66. The van der Waals surface area contributed by atoms with Gasteiger partial charge in [-0.15, -0.1) is 35.3 Å². The first-order valence-electron chi connectivity index (χ1n) is 9.08. The molecule has 1 heterocycles. The van der Waals surface area contributed by atoms with Gasteiger partial charge in [-0.2, -0.15) is 13.2 Å². The van der Waals surface area contributed by atoms with Crippen molar-refractivity contribution >= 4 is 41.3 Å². The molecule has 156 valence electrons. The van der Waals surface area contributed by atoms with E-state index in [0.717, 1.165) is 17.1 Å². The van der Waals surface area contributed by atoms with Crippen LogP contribution in [0.4, 0.5) is 13.2 Å². The highest BCUT2D eigenvalue weighted by Crippen LogP contribution is 2.37. The molecule has 2 rings (SSSR count). The number of nitrogens with zero attached hydrogens (tertiary/aromatic N) is 2. The van der Waals surface area contributed by atoms with Gasteiger partial charge in [-0.1, -0.05) is 20.8 Å². The van der Waals surface area contributed by atoms with E-state index < -0.39 is 12.1 Å². The standard InChI is InChI=1S/C18H29F3N4S.HI/c1-17(2,3)14-11-26-15(25-14)9-10-23-16(22-4)24-13-7-5-12(6-8-13)18(19,20)21;/h11-13H,5-10H2,1-4H3,(H2,22,23,24);1H. The van der Waals surface area contributed by atoms with Crippen LogP contribution >= 0.6 is 35.3 Å². The fraction of sp³-hybridized carbons (Fsp3) is 0.778. The van der Waals surface area contributed by atoms with E-state index in [1.165, 1.54) is 0 Å². The first kappa shape index (κ1) is 24.5. The number of aliphatic imine (C=N–C) groups is 1. The van der Waals surface area contributed by atoms with Crippen LogP contribution in [0, 0.1) is 5.92 Å². The second kappa shape index (κ2) is 10.3. The molecule has 1 saturated carbocycles. The van der Waals surface area contributed by atoms with Crippen LogP contribution < -0.4 is 10.6 Å². The van der Waals surface area contributed by atoms with Crippen molar-refractivity contribution in [3.8, 4) is 0 Å². The minimum Gasteiger partial charge on any atom is -0.356 e. The van der Waals surface area contributed by atoms with Gasteiger partial charge < -0.3 is 10.6 Å². The molecule has 2 N–H and O–H groups in total. The average Bonchev–Trinajstić information content (AvgIpc) is 3.02. The number of hydrogen-bond donors (Lipinski definition) is 2. The molecule has 0 aromatic carbocycles. The van der Waals surface area contributed by atoms with Crippen LogP contribution in [0.1, 0.15) is 57.2 Å². The molecule has 0 atom stereocenters. The summed E-state index contributed by atoms with van der Waals surface area (Å²) in [5.41, 5.74) is 1.15. The zero-order chi connectivity index (χ0) is 19.4. The molecule has 1 aliphatic carbocycles. The number of rotatable bonds is 4. The van der Waals surface area contributed by atoms with Crippen LogP contribution in [0.3, 0.4) is 0 Å². The topological polar surface area (TPSA) is 49.3 Å². The van der Waals surface area contributed by atoms with E-state index in [2.05, 4.69) is 46.8 Å². The van der Waals surface area contributed by atoms with Gasteiger partial charge >= 0.3 is 6.18 Å². The number of hydrogen-bond acceptors (Lipinski definition) is 3. The third-order valence-electron chi connectivity index (χ3n) is 4.71. The third kappa shape index (κ3) is 7.75. The lowest BCUT2D eigenvalue weighted by Crippen LogP contribution is -2.46. The van der Waals surface area contributed by atoms with Crippen LogP contribution in [-0.2, 0) is 11.8 Å². The van der Waals surface area contributed by atoms with E-state index in [1.807, 2.05) is 0 Å². The molecule has 9 heteroatoms. The zero-order valence-electron chi connectivity index (χ0n) is 16.3. The van der Waals surface area contributed by atoms with Crippen molar-refractivity contribution in [2.45, 2.75) is 70.5 Å². The smallest absolute Gasteiger partial charge is 0.356 e. The third-order valence-corrected chi connectivity index (χ3v) is 5.61. The normalized spacial score (nSPS) is 21.5. The molecule has 1 aromatic heterocycles. The van der Waals surface area contributed by atoms with Crippen molar-refractivity contribution < 1.29 is 13.2 Å². The van der Waals surface area contributed by atoms with Gasteiger partial charge in [-0.25, -0.2) is 4.98 Å². The Balaban J connectivity index is 0.00000364. The van der Waals surface area contributed by atoms with Gasteiger partial charge in [-0.3, -0.25) is 4.99 Å². The zero-order valence-corrected chi connectivity index (χ0v) is 19.5. The molecular formula is C18H30F3IN4S. The molecule has 1 aliphatic rings. The van der Waals surface area contributed by atoms with Crippen molar-refractivity contribution in [3.05, 3.63) is 16.1 Å². The summed E-state index contributed by atoms with van der Waals surface area (Å²) < 4.78 is 38.2. The molecule has 4 nitrogen and oxygen atoms in total. The van der Waals surface area contributed by atoms with E-state index in [0.29, 0.717) is 25.3 Å². The number of aromatic nitrogens is 1. The summed E-state index contributed by atoms with van der Waals surface area (Å²) in [6.07, 6.45) is -1.86. The lowest BCUT2D eigenvalue weighted by Gasteiger charge is -2.31. The van der Waals surface area contributed by atoms with Crippen molar-refractivity contribution in [2.75, 3.05) is 13.6 Å². The van der Waals surface area contributed by atoms with Gasteiger partial charge in [0, 0.05) is 36.9 Å². The molecule has 0 radical (unpaired) electrons. The first-order valence-corrected chi connectivity index (χ1v) is 9.96. The molecule has 0 unspecified atom stereocenters. The van der Waals surface area contributed by atoms with Gasteiger partial charge in [0.1, 0.15) is 0 Å². The Labute approximate surface area is 180 Å². The Morgan fingerprint density at radius 1 is 1.22 bits per heavy atom. The monoisotopic (exact) mass is 518 g/mol. The Morgan fingerprint density at radius 3 is 2.33 bits per heavy atom. The maximum atomic E-state index is 12.7. The summed E-state index contributed by atoms with van der Waals surface area (Å²) in [5.74, 6) is -0.509. The van der Waals surface area contributed by atoms with E-state index in [-0.39, 0.29) is 48.3 Å². The van der Waals surface area contributed by atoms with E-state index >= 15 is 0 Å². The van der Waals surface area contributed by atoms with Crippen molar-refractivity contribution in [3.63, 3.8) is 0 Å². The molecule has 0 aliphatic heterocycles. The molecule has 0 saturated heterocycles. The van der Waals surface area contributed by atoms with Gasteiger partial charge in [-0.05, 0) is 25.7 Å². The summed E-state index contributed by atoms with van der Waals surface area (Å²) in [4.78, 5) is 8.84. The number of thiazole rings is 1. The van der Waals surface area contributed by atoms with Crippen molar-refractivity contribution in [1.82, 2.24) is 15.6 Å². The van der Waals surface area contributed by atoms with E-state index in [9.17, 15) is 13.2 Å². The summed E-state index contributed by atoms with van der Waals surface area (Å²) in [7, 11) is 1.68. The highest BCUT2D eigenvalue weighted by Gasteiger charge is 2.41. The number of halogens is 4. The highest BCUT2D eigenvalue weighted by molar-refractivity contribution is 14.0. The van der Waals surface area contributed by atoms with Crippen LogP contribution in [0.25, 0.3) is 0 Å². The molecule has 27 heavy (non-hydrogen) atoms. The van der Waals surface area contributed by atoms with Crippen LogP contribution in [-0.4, -0.2) is 36.8 Å². The van der Waals surface area contributed by atoms with Crippen molar-refractivity contribution in [2.24, 2.45) is 10.9 Å². The van der Waals surface area contributed by atoms with Gasteiger partial charge in [0.25, 0.3) is 0 Å². The lowest BCUT2D eigenvalue weighted by molar-refractivity contribution is -0.182. The fourth-order valence-electron chi connectivity index (χ4n) is 3.01. The predicted octanol–water partition coefficient (Wildman–Crippen LogP) is 4.89. The first-order chi connectivity index (χ1) is 12.1. The Hall–Kier alpha value is -0.580. The lowest BCUT2D eigenvalue weighted by atomic mass is 9.85. The molecule has 0 amide bonds. The van der Waals surface area contributed by atoms with Gasteiger partial charge in [0.05, 0.1) is 16.6 Å². The second-order valence-corrected chi connectivity index (χ2v) is 8.80. The minimum atomic E-state index is -4.06. The molecular weight excluding hydrogens is 488 g/mol. The Morgan fingerprint density at radius 2 is 1.85 bits per heavy atom. The van der Waals surface area contributed by atoms with Crippen LogP contribution in [0.15, 0.2) is 10.4 Å². The van der Waals surface area contributed by atoms with E-state index in [4.69, 9.17) is 0 Å². The fourth-order valence-corrected chi connectivity index (χ4v) is 4.04. The highest BCUT2D eigenvalue weighted by atomic mass is 127. The summed E-state index contributed by atoms with van der Waals surface area (Å²) >= 11 is 1.66. The summed E-state index contributed by atoms with van der Waals surface area (Å²) in [6, 6.07) is 0.0483. The predicted molar refractivity (Wildman–Crippen MR) is 116 cm³/mol. The number of nitrogens with one attached hydrogen (secondary N) is 2. The van der Waals surface area contributed by atoms with Gasteiger partial charge in [0.2, 0.25) is 0 Å². The van der Waals surface area contributed by atoms with Crippen LogP contribution in [0.2, 0.25) is 0 Å². The van der Waals surface area contributed by atoms with Crippen LogP contribution in [0.5, 0.6) is 0 Å².